The standard InChI is InChI=1S/C11H20N2O2/c1-2-5-13(8-3-4-8)11(15)10-6-9(14)7-12-10/h8-10,12,14H,2-7H2,1H3. The molecule has 0 aromatic carbocycles. The second-order valence-corrected chi connectivity index (χ2v) is 4.61. The third-order valence-electron chi connectivity index (χ3n) is 3.14. The molecule has 0 aromatic rings. The molecule has 0 spiro atoms. The first-order valence-corrected chi connectivity index (χ1v) is 5.94. The average molecular weight is 212 g/mol. The van der Waals surface area contributed by atoms with Crippen LogP contribution in [0, 0.1) is 0 Å². The molecule has 2 atom stereocenters. The van der Waals surface area contributed by atoms with Gasteiger partial charge < -0.3 is 15.3 Å². The molecule has 2 rings (SSSR count). The lowest BCUT2D eigenvalue weighted by Crippen LogP contribution is -2.45. The molecule has 1 amide bonds. The number of hydrogen-bond acceptors (Lipinski definition) is 3. The molecule has 2 N–H and O–H groups in total. The van der Waals surface area contributed by atoms with Gasteiger partial charge in [-0.2, -0.15) is 0 Å². The number of carbonyl (C=O) groups excluding carboxylic acids is 1. The second-order valence-electron chi connectivity index (χ2n) is 4.61. The van der Waals surface area contributed by atoms with Gasteiger partial charge in [-0.05, 0) is 25.7 Å². The molecular formula is C11H20N2O2. The highest BCUT2D eigenvalue weighted by Crippen LogP contribution is 2.28. The third-order valence-corrected chi connectivity index (χ3v) is 3.14. The predicted octanol–water partition coefficient (Wildman–Crippen LogP) is 0.110. The smallest absolute Gasteiger partial charge is 0.240 e. The molecule has 1 saturated carbocycles. The summed E-state index contributed by atoms with van der Waals surface area (Å²) in [6.45, 7) is 3.51. The number of aliphatic hydroxyl groups is 1. The first-order valence-electron chi connectivity index (χ1n) is 5.94. The monoisotopic (exact) mass is 212 g/mol. The molecule has 2 aliphatic rings. The topological polar surface area (TPSA) is 52.6 Å². The number of amides is 1. The lowest BCUT2D eigenvalue weighted by molar-refractivity contribution is -0.133. The summed E-state index contributed by atoms with van der Waals surface area (Å²) in [5.74, 6) is 0.191. The van der Waals surface area contributed by atoms with Gasteiger partial charge in [0.05, 0.1) is 12.1 Å². The molecule has 1 heterocycles. The molecule has 4 nitrogen and oxygen atoms in total. The van der Waals surface area contributed by atoms with Crippen molar-refractivity contribution >= 4 is 5.91 Å². The van der Waals surface area contributed by atoms with E-state index in [-0.39, 0.29) is 18.1 Å². The van der Waals surface area contributed by atoms with Crippen molar-refractivity contribution in [1.29, 1.82) is 0 Å². The second kappa shape index (κ2) is 4.49. The third kappa shape index (κ3) is 2.49. The minimum Gasteiger partial charge on any atom is -0.392 e. The molecule has 0 aromatic heterocycles. The van der Waals surface area contributed by atoms with Crippen LogP contribution in [-0.2, 0) is 4.79 Å². The van der Waals surface area contributed by atoms with Crippen LogP contribution in [0.5, 0.6) is 0 Å². The van der Waals surface area contributed by atoms with Crippen molar-refractivity contribution in [2.24, 2.45) is 0 Å². The number of carbonyl (C=O) groups is 1. The van der Waals surface area contributed by atoms with E-state index in [2.05, 4.69) is 12.2 Å². The molecule has 1 aliphatic carbocycles. The van der Waals surface area contributed by atoms with E-state index >= 15 is 0 Å². The van der Waals surface area contributed by atoms with Crippen LogP contribution in [0.2, 0.25) is 0 Å². The number of aliphatic hydroxyl groups excluding tert-OH is 1. The fourth-order valence-electron chi connectivity index (χ4n) is 2.21. The lowest BCUT2D eigenvalue weighted by Gasteiger charge is -2.25. The number of β-amino-alcohol motifs (C(OH)–C–C–N with tert-alkyl or cyclic N) is 1. The summed E-state index contributed by atoms with van der Waals surface area (Å²) in [5.41, 5.74) is 0. The van der Waals surface area contributed by atoms with Gasteiger partial charge in [0.15, 0.2) is 0 Å². The van der Waals surface area contributed by atoms with Crippen LogP contribution in [-0.4, -0.2) is 47.2 Å². The molecule has 1 saturated heterocycles. The zero-order chi connectivity index (χ0) is 10.8. The minimum atomic E-state index is -0.346. The highest BCUT2D eigenvalue weighted by atomic mass is 16.3. The van der Waals surface area contributed by atoms with Crippen LogP contribution in [0.25, 0.3) is 0 Å². The molecule has 1 aliphatic heterocycles. The first kappa shape index (κ1) is 10.9. The van der Waals surface area contributed by atoms with Crippen molar-refractivity contribution in [3.05, 3.63) is 0 Å². The number of rotatable bonds is 4. The maximum atomic E-state index is 12.1. The van der Waals surface area contributed by atoms with Gasteiger partial charge in [0, 0.05) is 19.1 Å². The SMILES string of the molecule is CCCN(C(=O)C1CC(O)CN1)C1CC1. The maximum Gasteiger partial charge on any atom is 0.240 e. The zero-order valence-corrected chi connectivity index (χ0v) is 9.28. The van der Waals surface area contributed by atoms with Crippen molar-refractivity contribution in [2.45, 2.75) is 50.8 Å². The van der Waals surface area contributed by atoms with Crippen LogP contribution in [0.15, 0.2) is 0 Å². The minimum absolute atomic E-state index is 0.146. The van der Waals surface area contributed by atoms with E-state index in [0.717, 1.165) is 25.8 Å². The van der Waals surface area contributed by atoms with Crippen LogP contribution in [0.4, 0.5) is 0 Å². The van der Waals surface area contributed by atoms with E-state index in [0.29, 0.717) is 19.0 Å². The summed E-state index contributed by atoms with van der Waals surface area (Å²) >= 11 is 0. The van der Waals surface area contributed by atoms with Crippen LogP contribution < -0.4 is 5.32 Å². The number of hydrogen-bond donors (Lipinski definition) is 2. The van der Waals surface area contributed by atoms with Gasteiger partial charge in [0.2, 0.25) is 5.91 Å². The molecule has 4 heteroatoms. The number of nitrogens with one attached hydrogen (secondary N) is 1. The van der Waals surface area contributed by atoms with E-state index in [1.54, 1.807) is 0 Å². The quantitative estimate of drug-likeness (QED) is 0.695. The summed E-state index contributed by atoms with van der Waals surface area (Å²) in [4.78, 5) is 14.1. The zero-order valence-electron chi connectivity index (χ0n) is 9.28. The van der Waals surface area contributed by atoms with Crippen molar-refractivity contribution < 1.29 is 9.90 Å². The van der Waals surface area contributed by atoms with E-state index in [1.165, 1.54) is 0 Å². The van der Waals surface area contributed by atoms with Crippen LogP contribution >= 0.6 is 0 Å². The molecule has 2 fully saturated rings. The van der Waals surface area contributed by atoms with Gasteiger partial charge in [-0.25, -0.2) is 0 Å². The highest BCUT2D eigenvalue weighted by molar-refractivity contribution is 5.82. The maximum absolute atomic E-state index is 12.1. The summed E-state index contributed by atoms with van der Waals surface area (Å²) < 4.78 is 0. The van der Waals surface area contributed by atoms with Gasteiger partial charge in [-0.1, -0.05) is 6.92 Å². The van der Waals surface area contributed by atoms with Gasteiger partial charge in [0.1, 0.15) is 0 Å². The molecule has 15 heavy (non-hydrogen) atoms. The lowest BCUT2D eigenvalue weighted by atomic mass is 10.1. The largest absolute Gasteiger partial charge is 0.392 e. The van der Waals surface area contributed by atoms with Crippen LogP contribution in [0.1, 0.15) is 32.6 Å². The van der Waals surface area contributed by atoms with Crippen molar-refractivity contribution in [2.75, 3.05) is 13.1 Å². The Bertz CT molecular complexity index is 241. The Morgan fingerprint density at radius 2 is 2.27 bits per heavy atom. The molecule has 0 bridgehead atoms. The normalized spacial score (nSPS) is 30.5. The van der Waals surface area contributed by atoms with Crippen molar-refractivity contribution in [1.82, 2.24) is 10.2 Å². The van der Waals surface area contributed by atoms with Gasteiger partial charge >= 0.3 is 0 Å². The van der Waals surface area contributed by atoms with E-state index in [4.69, 9.17) is 0 Å². The first-order chi connectivity index (χ1) is 7.22. The van der Waals surface area contributed by atoms with Gasteiger partial charge in [-0.3, -0.25) is 4.79 Å². The number of nitrogens with zero attached hydrogens (tertiary/aromatic N) is 1. The Hall–Kier alpha value is -0.610. The Morgan fingerprint density at radius 3 is 2.73 bits per heavy atom. The summed E-state index contributed by atoms with van der Waals surface area (Å²) in [6.07, 6.45) is 3.55. The predicted molar refractivity (Wildman–Crippen MR) is 57.4 cm³/mol. The van der Waals surface area contributed by atoms with Gasteiger partial charge in [-0.15, -0.1) is 0 Å². The van der Waals surface area contributed by atoms with Crippen LogP contribution in [0.3, 0.4) is 0 Å². The van der Waals surface area contributed by atoms with Gasteiger partial charge in [0.25, 0.3) is 0 Å². The van der Waals surface area contributed by atoms with Crippen molar-refractivity contribution in [3.8, 4) is 0 Å². The summed E-state index contributed by atoms with van der Waals surface area (Å²) in [5, 5.41) is 12.5. The molecular weight excluding hydrogens is 192 g/mol. The Kier molecular flexibility index (Phi) is 3.26. The summed E-state index contributed by atoms with van der Waals surface area (Å²) in [6, 6.07) is 0.337. The molecule has 86 valence electrons. The Balaban J connectivity index is 1.91. The fraction of sp³-hybridized carbons (Fsp3) is 0.909. The Labute approximate surface area is 90.6 Å². The average Bonchev–Trinajstić information content (AvgIpc) is 2.96. The highest BCUT2D eigenvalue weighted by Gasteiger charge is 2.37. The Morgan fingerprint density at radius 1 is 1.53 bits per heavy atom. The fourth-order valence-corrected chi connectivity index (χ4v) is 2.21. The molecule has 0 radical (unpaired) electrons. The molecule has 2 unspecified atom stereocenters. The van der Waals surface area contributed by atoms with E-state index in [9.17, 15) is 9.90 Å². The van der Waals surface area contributed by atoms with E-state index in [1.807, 2.05) is 4.90 Å². The van der Waals surface area contributed by atoms with E-state index < -0.39 is 0 Å². The van der Waals surface area contributed by atoms with Crippen molar-refractivity contribution in [3.63, 3.8) is 0 Å². The summed E-state index contributed by atoms with van der Waals surface area (Å²) in [7, 11) is 0.